The lowest BCUT2D eigenvalue weighted by Crippen LogP contribution is -2.12. The number of benzene rings is 1. The number of anilines is 3. The van der Waals surface area contributed by atoms with Crippen LogP contribution in [0.15, 0.2) is 54.7 Å². The Morgan fingerprint density at radius 3 is 2.38 bits per heavy atom. The maximum Gasteiger partial charge on any atom is 0.163 e. The number of hydrogen-bond acceptors (Lipinski definition) is 5. The fourth-order valence-corrected chi connectivity index (χ4v) is 2.85. The Bertz CT molecular complexity index is 871. The lowest BCUT2D eigenvalue weighted by Gasteiger charge is -2.13. The molecule has 5 nitrogen and oxygen atoms in total. The molecule has 0 saturated heterocycles. The molecule has 4 rings (SSSR count). The highest BCUT2D eigenvalue weighted by atomic mass is 15.1. The monoisotopic (exact) mass is 345 g/mol. The molecular weight excluding hydrogens is 322 g/mol. The molecule has 26 heavy (non-hydrogen) atoms. The van der Waals surface area contributed by atoms with E-state index in [9.17, 15) is 0 Å². The molecule has 0 amide bonds. The van der Waals surface area contributed by atoms with Gasteiger partial charge in [-0.3, -0.25) is 4.98 Å². The predicted molar refractivity (Wildman–Crippen MR) is 106 cm³/mol. The van der Waals surface area contributed by atoms with E-state index in [2.05, 4.69) is 51.6 Å². The van der Waals surface area contributed by atoms with Crippen molar-refractivity contribution in [2.75, 3.05) is 10.6 Å². The van der Waals surface area contributed by atoms with Crippen molar-refractivity contribution in [3.63, 3.8) is 0 Å². The van der Waals surface area contributed by atoms with Gasteiger partial charge in [0.2, 0.25) is 0 Å². The molecule has 0 unspecified atom stereocenters. The summed E-state index contributed by atoms with van der Waals surface area (Å²) in [5.74, 6) is 2.91. The quantitative estimate of drug-likeness (QED) is 0.660. The van der Waals surface area contributed by atoms with Crippen LogP contribution in [0, 0.1) is 0 Å². The first-order valence-electron chi connectivity index (χ1n) is 9.11. The van der Waals surface area contributed by atoms with E-state index in [1.165, 1.54) is 18.5 Å². The van der Waals surface area contributed by atoms with Gasteiger partial charge in [-0.1, -0.05) is 30.3 Å². The summed E-state index contributed by atoms with van der Waals surface area (Å²) in [6.45, 7) is 4.19. The van der Waals surface area contributed by atoms with Crippen molar-refractivity contribution in [3.05, 3.63) is 60.4 Å². The number of pyridine rings is 1. The lowest BCUT2D eigenvalue weighted by atomic mass is 10.2. The molecule has 0 atom stereocenters. The zero-order chi connectivity index (χ0) is 17.9. The van der Waals surface area contributed by atoms with Gasteiger partial charge in [-0.05, 0) is 38.8 Å². The van der Waals surface area contributed by atoms with Gasteiger partial charge in [-0.15, -0.1) is 0 Å². The second-order valence-corrected chi connectivity index (χ2v) is 7.00. The van der Waals surface area contributed by atoms with Crippen molar-refractivity contribution in [2.45, 2.75) is 38.6 Å². The second-order valence-electron chi connectivity index (χ2n) is 7.00. The van der Waals surface area contributed by atoms with Crippen LogP contribution in [0.2, 0.25) is 0 Å². The summed E-state index contributed by atoms with van der Waals surface area (Å²) in [6.07, 6.45) is 4.40. The van der Waals surface area contributed by atoms with Crippen LogP contribution in [0.4, 0.5) is 17.3 Å². The standard InChI is InChI=1S/C21H23N5/c1-14(2)23-19-12-20(26-21(25-19)16-6-4-3-5-7-16)24-17-10-11-18(22-13-17)15-8-9-15/h3-7,10-15H,8-9H2,1-2H3,(H2,23,24,25,26). The van der Waals surface area contributed by atoms with Gasteiger partial charge in [0.15, 0.2) is 5.82 Å². The Morgan fingerprint density at radius 1 is 0.962 bits per heavy atom. The van der Waals surface area contributed by atoms with Crippen LogP contribution in [-0.4, -0.2) is 21.0 Å². The Kier molecular flexibility index (Phi) is 4.52. The zero-order valence-electron chi connectivity index (χ0n) is 15.1. The maximum atomic E-state index is 4.69. The molecule has 1 aliphatic rings. The van der Waals surface area contributed by atoms with Crippen LogP contribution in [0.5, 0.6) is 0 Å². The molecule has 5 heteroatoms. The first-order valence-corrected chi connectivity index (χ1v) is 9.11. The molecule has 132 valence electrons. The SMILES string of the molecule is CC(C)Nc1cc(Nc2ccc(C3CC3)nc2)nc(-c2ccccc2)n1. The second kappa shape index (κ2) is 7.12. The maximum absolute atomic E-state index is 4.69. The number of hydrogen-bond donors (Lipinski definition) is 2. The van der Waals surface area contributed by atoms with Gasteiger partial charge in [0.1, 0.15) is 11.6 Å². The van der Waals surface area contributed by atoms with E-state index in [-0.39, 0.29) is 0 Å². The molecule has 0 aliphatic heterocycles. The van der Waals surface area contributed by atoms with Crippen molar-refractivity contribution >= 4 is 17.3 Å². The molecule has 1 aromatic carbocycles. The van der Waals surface area contributed by atoms with Gasteiger partial charge in [0, 0.05) is 29.3 Å². The average molecular weight is 345 g/mol. The summed E-state index contributed by atoms with van der Waals surface area (Å²) >= 11 is 0. The molecule has 0 bridgehead atoms. The van der Waals surface area contributed by atoms with Gasteiger partial charge in [0.05, 0.1) is 11.9 Å². The van der Waals surface area contributed by atoms with E-state index in [1.54, 1.807) is 0 Å². The number of rotatable bonds is 6. The molecular formula is C21H23N5. The largest absolute Gasteiger partial charge is 0.368 e. The highest BCUT2D eigenvalue weighted by Crippen LogP contribution is 2.39. The van der Waals surface area contributed by atoms with E-state index in [1.807, 2.05) is 42.6 Å². The van der Waals surface area contributed by atoms with Crippen molar-refractivity contribution in [1.29, 1.82) is 0 Å². The minimum Gasteiger partial charge on any atom is -0.368 e. The van der Waals surface area contributed by atoms with Crippen LogP contribution in [0.3, 0.4) is 0 Å². The summed E-state index contributed by atoms with van der Waals surface area (Å²) < 4.78 is 0. The van der Waals surface area contributed by atoms with Crippen molar-refractivity contribution in [1.82, 2.24) is 15.0 Å². The van der Waals surface area contributed by atoms with E-state index >= 15 is 0 Å². The van der Waals surface area contributed by atoms with E-state index in [0.29, 0.717) is 17.8 Å². The fraction of sp³-hybridized carbons (Fsp3) is 0.286. The predicted octanol–water partition coefficient (Wildman–Crippen LogP) is 4.98. The normalized spacial score (nSPS) is 13.7. The van der Waals surface area contributed by atoms with Crippen molar-refractivity contribution < 1.29 is 0 Å². The Balaban J connectivity index is 1.63. The van der Waals surface area contributed by atoms with E-state index in [0.717, 1.165) is 22.9 Å². The van der Waals surface area contributed by atoms with Crippen LogP contribution in [-0.2, 0) is 0 Å². The molecule has 0 spiro atoms. The Morgan fingerprint density at radius 2 is 1.73 bits per heavy atom. The first-order chi connectivity index (χ1) is 12.7. The topological polar surface area (TPSA) is 62.7 Å². The number of nitrogens with zero attached hydrogens (tertiary/aromatic N) is 3. The van der Waals surface area contributed by atoms with Crippen LogP contribution < -0.4 is 10.6 Å². The molecule has 1 aliphatic carbocycles. The summed E-state index contributed by atoms with van der Waals surface area (Å²) in [5.41, 5.74) is 3.11. The third-order valence-electron chi connectivity index (χ3n) is 4.25. The van der Waals surface area contributed by atoms with Crippen LogP contribution in [0.25, 0.3) is 11.4 Å². The Labute approximate surface area is 153 Å². The molecule has 3 aromatic rings. The summed E-state index contributed by atoms with van der Waals surface area (Å²) in [7, 11) is 0. The molecule has 0 radical (unpaired) electrons. The smallest absolute Gasteiger partial charge is 0.163 e. The van der Waals surface area contributed by atoms with Gasteiger partial charge in [0.25, 0.3) is 0 Å². The third-order valence-corrected chi connectivity index (χ3v) is 4.25. The minimum atomic E-state index is 0.292. The fourth-order valence-electron chi connectivity index (χ4n) is 2.85. The zero-order valence-corrected chi connectivity index (χ0v) is 15.1. The number of nitrogens with one attached hydrogen (secondary N) is 2. The Hall–Kier alpha value is -2.95. The molecule has 2 heterocycles. The summed E-state index contributed by atoms with van der Waals surface area (Å²) in [4.78, 5) is 13.9. The van der Waals surface area contributed by atoms with Gasteiger partial charge < -0.3 is 10.6 Å². The summed E-state index contributed by atoms with van der Waals surface area (Å²) in [6, 6.07) is 16.4. The highest BCUT2D eigenvalue weighted by Gasteiger charge is 2.24. The van der Waals surface area contributed by atoms with E-state index < -0.39 is 0 Å². The lowest BCUT2D eigenvalue weighted by molar-refractivity contribution is 0.887. The van der Waals surface area contributed by atoms with Crippen LogP contribution in [0.1, 0.15) is 38.3 Å². The van der Waals surface area contributed by atoms with Crippen molar-refractivity contribution in [3.8, 4) is 11.4 Å². The van der Waals surface area contributed by atoms with Crippen molar-refractivity contribution in [2.24, 2.45) is 0 Å². The number of aromatic nitrogens is 3. The highest BCUT2D eigenvalue weighted by molar-refractivity contribution is 5.64. The molecule has 2 aromatic heterocycles. The van der Waals surface area contributed by atoms with E-state index in [4.69, 9.17) is 0 Å². The molecule has 1 fully saturated rings. The van der Waals surface area contributed by atoms with Gasteiger partial charge in [-0.25, -0.2) is 9.97 Å². The average Bonchev–Trinajstić information content (AvgIpc) is 3.47. The molecule has 1 saturated carbocycles. The summed E-state index contributed by atoms with van der Waals surface area (Å²) in [5, 5.41) is 6.73. The minimum absolute atomic E-state index is 0.292. The third kappa shape index (κ3) is 3.99. The van der Waals surface area contributed by atoms with Crippen LogP contribution >= 0.6 is 0 Å². The molecule has 2 N–H and O–H groups in total. The van der Waals surface area contributed by atoms with Gasteiger partial charge >= 0.3 is 0 Å². The van der Waals surface area contributed by atoms with Gasteiger partial charge in [-0.2, -0.15) is 0 Å². The first kappa shape index (κ1) is 16.5.